The second-order valence-corrected chi connectivity index (χ2v) is 11.7. The molecule has 0 aliphatic carbocycles. The highest BCUT2D eigenvalue weighted by Crippen LogP contribution is 2.27. The van der Waals surface area contributed by atoms with Crippen LogP contribution in [0.1, 0.15) is 99.5 Å². The number of hydrogen-bond donors (Lipinski definition) is 5. The van der Waals surface area contributed by atoms with Gasteiger partial charge in [-0.3, -0.25) is 14.4 Å². The van der Waals surface area contributed by atoms with Crippen LogP contribution in [-0.2, 0) is 25.7 Å². The predicted octanol–water partition coefficient (Wildman–Crippen LogP) is 4.62. The third kappa shape index (κ3) is 11.7. The molecule has 0 saturated heterocycles. The van der Waals surface area contributed by atoms with E-state index in [1.54, 1.807) is 24.3 Å². The second-order valence-electron chi connectivity index (χ2n) is 11.7. The molecular formula is C31H53N5O5. The van der Waals surface area contributed by atoms with E-state index in [1.807, 2.05) is 34.6 Å². The highest BCUT2D eigenvalue weighted by atomic mass is 16.5. The Morgan fingerprint density at radius 3 is 1.98 bits per heavy atom. The van der Waals surface area contributed by atoms with Gasteiger partial charge < -0.3 is 31.7 Å². The van der Waals surface area contributed by atoms with Gasteiger partial charge in [0.05, 0.1) is 11.5 Å². The van der Waals surface area contributed by atoms with Gasteiger partial charge in [0.1, 0.15) is 12.6 Å². The van der Waals surface area contributed by atoms with Crippen LogP contribution in [0, 0.1) is 11.3 Å². The third-order valence-electron chi connectivity index (χ3n) is 8.26. The zero-order chi connectivity index (χ0) is 31.2. The second kappa shape index (κ2) is 17.0. The summed E-state index contributed by atoms with van der Waals surface area (Å²) in [5, 5.41) is 11.8. The largest absolute Gasteiger partial charge is 0.460 e. The van der Waals surface area contributed by atoms with Gasteiger partial charge >= 0.3 is 12.0 Å². The molecule has 10 heteroatoms. The molecule has 0 spiro atoms. The Balaban J connectivity index is 2.96. The molecule has 0 unspecified atom stereocenters. The smallest absolute Gasteiger partial charge is 0.312 e. The monoisotopic (exact) mass is 575 g/mol. The fourth-order valence-corrected chi connectivity index (χ4v) is 4.19. The lowest BCUT2D eigenvalue weighted by Gasteiger charge is -2.35. The highest BCUT2D eigenvalue weighted by Gasteiger charge is 2.33. The van der Waals surface area contributed by atoms with E-state index in [1.165, 1.54) is 0 Å². The first-order chi connectivity index (χ1) is 19.2. The predicted molar refractivity (Wildman–Crippen MR) is 163 cm³/mol. The molecule has 1 rings (SSSR count). The van der Waals surface area contributed by atoms with E-state index in [2.05, 4.69) is 42.0 Å². The molecule has 0 aliphatic heterocycles. The van der Waals surface area contributed by atoms with Crippen molar-refractivity contribution in [3.8, 4) is 0 Å². The Hall–Kier alpha value is -3.14. The topological polar surface area (TPSA) is 152 Å². The van der Waals surface area contributed by atoms with Gasteiger partial charge in [0, 0.05) is 17.8 Å². The molecule has 0 heterocycles. The third-order valence-corrected chi connectivity index (χ3v) is 8.26. The van der Waals surface area contributed by atoms with Crippen molar-refractivity contribution in [2.45, 2.75) is 118 Å². The van der Waals surface area contributed by atoms with Crippen molar-refractivity contribution in [2.24, 2.45) is 17.1 Å². The molecule has 4 amide bonds. The van der Waals surface area contributed by atoms with E-state index in [9.17, 15) is 19.2 Å². The van der Waals surface area contributed by atoms with Gasteiger partial charge in [0.15, 0.2) is 0 Å². The van der Waals surface area contributed by atoms with Crippen molar-refractivity contribution < 1.29 is 23.9 Å². The zero-order valence-electron chi connectivity index (χ0n) is 26.3. The van der Waals surface area contributed by atoms with Crippen molar-refractivity contribution in [1.29, 1.82) is 0 Å². The van der Waals surface area contributed by atoms with Crippen molar-refractivity contribution >= 4 is 29.5 Å². The summed E-state index contributed by atoms with van der Waals surface area (Å²) < 4.78 is 5.52. The standard InChI is InChI=1S/C31H53N5O5/c1-9-30(7,10-2)28(39)41-20-22-15-17-23(18-16-22)34-26(37)24(14-13-19-33-29(32)40)35-27(38)25(21(5)6)36-31(8,11-3)12-4/h15-18,21,24-25,36H,9-14,19-20H2,1-8H3,(H,34,37)(H,35,38)(H3,32,33,40)/t24-,25-/m0/s1. The number of anilines is 1. The molecule has 1 aromatic rings. The Bertz CT molecular complexity index is 987. The van der Waals surface area contributed by atoms with Crippen LogP contribution in [0.25, 0.3) is 0 Å². The number of ether oxygens (including phenoxy) is 1. The van der Waals surface area contributed by atoms with Gasteiger partial charge in [-0.05, 0) is 76.0 Å². The molecule has 10 nitrogen and oxygen atoms in total. The van der Waals surface area contributed by atoms with E-state index in [0.717, 1.165) is 18.4 Å². The number of carbonyl (C=O) groups excluding carboxylic acids is 4. The Morgan fingerprint density at radius 1 is 0.902 bits per heavy atom. The number of carbonyl (C=O) groups is 4. The summed E-state index contributed by atoms with van der Waals surface area (Å²) in [6.45, 7) is 16.5. The average molecular weight is 576 g/mol. The first-order valence-corrected chi connectivity index (χ1v) is 14.9. The fourth-order valence-electron chi connectivity index (χ4n) is 4.19. The Labute approximate surface area is 246 Å². The van der Waals surface area contributed by atoms with Gasteiger partial charge in [-0.2, -0.15) is 0 Å². The molecule has 6 N–H and O–H groups in total. The maximum Gasteiger partial charge on any atom is 0.312 e. The fraction of sp³-hybridized carbons (Fsp3) is 0.677. The minimum absolute atomic E-state index is 0.00169. The maximum absolute atomic E-state index is 13.4. The molecule has 0 radical (unpaired) electrons. The van der Waals surface area contributed by atoms with Crippen molar-refractivity contribution in [3.63, 3.8) is 0 Å². The number of nitrogens with two attached hydrogens (primary N) is 1. The van der Waals surface area contributed by atoms with E-state index in [0.29, 0.717) is 31.4 Å². The number of rotatable bonds is 18. The molecule has 1 aromatic carbocycles. The molecule has 41 heavy (non-hydrogen) atoms. The van der Waals surface area contributed by atoms with Crippen molar-refractivity contribution in [2.75, 3.05) is 11.9 Å². The zero-order valence-corrected chi connectivity index (χ0v) is 26.3. The summed E-state index contributed by atoms with van der Waals surface area (Å²) in [5.41, 5.74) is 5.80. The summed E-state index contributed by atoms with van der Waals surface area (Å²) in [7, 11) is 0. The van der Waals surface area contributed by atoms with Crippen LogP contribution < -0.4 is 27.0 Å². The quantitative estimate of drug-likeness (QED) is 0.127. The number of amides is 4. The molecule has 2 atom stereocenters. The van der Waals surface area contributed by atoms with Gasteiger partial charge in [-0.1, -0.05) is 53.7 Å². The van der Waals surface area contributed by atoms with Crippen LogP contribution in [0.15, 0.2) is 24.3 Å². The number of hydrogen-bond acceptors (Lipinski definition) is 6. The summed E-state index contributed by atoms with van der Waals surface area (Å²) >= 11 is 0. The minimum Gasteiger partial charge on any atom is -0.460 e. The van der Waals surface area contributed by atoms with Gasteiger partial charge in [0.2, 0.25) is 11.8 Å². The molecule has 0 aliphatic rings. The van der Waals surface area contributed by atoms with Crippen LogP contribution in [-0.4, -0.2) is 48.0 Å². The first kappa shape index (κ1) is 35.9. The van der Waals surface area contributed by atoms with E-state index < -0.39 is 23.5 Å². The van der Waals surface area contributed by atoms with Crippen molar-refractivity contribution in [3.05, 3.63) is 29.8 Å². The molecule has 0 bridgehead atoms. The lowest BCUT2D eigenvalue weighted by Crippen LogP contribution is -2.58. The van der Waals surface area contributed by atoms with Gasteiger partial charge in [0.25, 0.3) is 0 Å². The summed E-state index contributed by atoms with van der Waals surface area (Å²) in [4.78, 5) is 50.3. The number of esters is 1. The van der Waals surface area contributed by atoms with Crippen LogP contribution in [0.3, 0.4) is 0 Å². The lowest BCUT2D eigenvalue weighted by molar-refractivity contribution is -0.156. The van der Waals surface area contributed by atoms with Gasteiger partial charge in [-0.25, -0.2) is 4.79 Å². The highest BCUT2D eigenvalue weighted by molar-refractivity contribution is 5.98. The van der Waals surface area contributed by atoms with Crippen LogP contribution in [0.5, 0.6) is 0 Å². The van der Waals surface area contributed by atoms with E-state index in [4.69, 9.17) is 10.5 Å². The Morgan fingerprint density at radius 2 is 1.49 bits per heavy atom. The van der Waals surface area contributed by atoms with Crippen molar-refractivity contribution in [1.82, 2.24) is 16.0 Å². The summed E-state index contributed by atoms with van der Waals surface area (Å²) in [5.74, 6) is -0.840. The molecule has 232 valence electrons. The lowest BCUT2D eigenvalue weighted by atomic mass is 9.85. The normalized spacial score (nSPS) is 13.3. The maximum atomic E-state index is 13.4. The number of nitrogens with one attached hydrogen (secondary N) is 4. The van der Waals surface area contributed by atoms with Crippen LogP contribution >= 0.6 is 0 Å². The van der Waals surface area contributed by atoms with Crippen LogP contribution in [0.2, 0.25) is 0 Å². The Kier molecular flexibility index (Phi) is 14.8. The SMILES string of the molecule is CCC(C)(CC)N[C@H](C(=O)N[C@@H](CCCNC(N)=O)C(=O)Nc1ccc(COC(=O)C(C)(CC)CC)cc1)C(C)C. The summed E-state index contributed by atoms with van der Waals surface area (Å²) in [6, 6.07) is 5.10. The molecule has 0 saturated carbocycles. The summed E-state index contributed by atoms with van der Waals surface area (Å²) in [6.07, 6.45) is 3.87. The molecule has 0 aromatic heterocycles. The number of urea groups is 1. The molecule has 0 fully saturated rings. The number of primary amides is 1. The van der Waals surface area contributed by atoms with E-state index in [-0.39, 0.29) is 42.4 Å². The minimum atomic E-state index is -0.823. The van der Waals surface area contributed by atoms with E-state index >= 15 is 0 Å². The average Bonchev–Trinajstić information content (AvgIpc) is 2.95. The first-order valence-electron chi connectivity index (χ1n) is 14.9. The molecular weight excluding hydrogens is 522 g/mol. The van der Waals surface area contributed by atoms with Gasteiger partial charge in [-0.15, -0.1) is 0 Å². The van der Waals surface area contributed by atoms with Crippen LogP contribution in [0.4, 0.5) is 10.5 Å². The number of benzene rings is 1.